The Balaban J connectivity index is 2.23. The van der Waals surface area contributed by atoms with Crippen LogP contribution in [0.25, 0.3) is 0 Å². The number of hydrogen-bond acceptors (Lipinski definition) is 3. The van der Waals surface area contributed by atoms with Gasteiger partial charge in [0.2, 0.25) is 0 Å². The van der Waals surface area contributed by atoms with Crippen molar-refractivity contribution in [1.29, 1.82) is 0 Å². The van der Waals surface area contributed by atoms with Gasteiger partial charge in [-0.15, -0.1) is 0 Å². The van der Waals surface area contributed by atoms with Crippen molar-refractivity contribution in [2.45, 2.75) is 19.0 Å². The fraction of sp³-hybridized carbons (Fsp3) is 0.500. The van der Waals surface area contributed by atoms with E-state index in [4.69, 9.17) is 16.7 Å². The predicted molar refractivity (Wildman–Crippen MR) is 67.2 cm³/mol. The number of pyridine rings is 1. The predicted octanol–water partition coefficient (Wildman–Crippen LogP) is 3.21. The molecule has 1 atom stereocenters. The Morgan fingerprint density at radius 2 is 2.15 bits per heavy atom. The molecule has 0 aliphatic carbocycles. The van der Waals surface area contributed by atoms with Crippen molar-refractivity contribution >= 4 is 23.4 Å². The number of anilines is 1. The van der Waals surface area contributed by atoms with Gasteiger partial charge < -0.3 is 10.0 Å². The Kier molecular flexibility index (Phi) is 4.08. The van der Waals surface area contributed by atoms with Crippen LogP contribution < -0.4 is 4.90 Å². The monoisotopic (exact) mass is 308 g/mol. The molecular formula is C12H12ClF3N2O2. The molecule has 1 aromatic heterocycles. The van der Waals surface area contributed by atoms with Crippen LogP contribution in [0, 0.1) is 5.92 Å². The molecule has 2 heterocycles. The third-order valence-electron chi connectivity index (χ3n) is 3.24. The Hall–Kier alpha value is -1.50. The minimum Gasteiger partial charge on any atom is -0.476 e. The van der Waals surface area contributed by atoms with Crippen molar-refractivity contribution in [3.05, 3.63) is 22.8 Å². The zero-order valence-electron chi connectivity index (χ0n) is 10.3. The van der Waals surface area contributed by atoms with Crippen molar-refractivity contribution in [3.8, 4) is 0 Å². The quantitative estimate of drug-likeness (QED) is 0.911. The van der Waals surface area contributed by atoms with E-state index in [0.29, 0.717) is 13.0 Å². The average molecular weight is 309 g/mol. The van der Waals surface area contributed by atoms with E-state index in [0.717, 1.165) is 0 Å². The summed E-state index contributed by atoms with van der Waals surface area (Å²) in [7, 11) is 0. The molecule has 0 aromatic carbocycles. The van der Waals surface area contributed by atoms with Crippen LogP contribution in [0.2, 0.25) is 5.02 Å². The molecule has 0 radical (unpaired) electrons. The van der Waals surface area contributed by atoms with Gasteiger partial charge in [-0.25, -0.2) is 9.78 Å². The highest BCUT2D eigenvalue weighted by Crippen LogP contribution is 2.34. The third-order valence-corrected chi connectivity index (χ3v) is 3.55. The number of halogens is 4. The fourth-order valence-electron chi connectivity index (χ4n) is 2.21. The molecule has 1 aromatic rings. The molecular weight excluding hydrogens is 297 g/mol. The number of carboxylic acids is 1. The van der Waals surface area contributed by atoms with Crippen molar-refractivity contribution in [3.63, 3.8) is 0 Å². The molecule has 1 saturated heterocycles. The van der Waals surface area contributed by atoms with Crippen molar-refractivity contribution < 1.29 is 23.1 Å². The summed E-state index contributed by atoms with van der Waals surface area (Å²) >= 11 is 5.69. The van der Waals surface area contributed by atoms with Gasteiger partial charge in [-0.3, -0.25) is 0 Å². The lowest BCUT2D eigenvalue weighted by Crippen LogP contribution is -2.42. The van der Waals surface area contributed by atoms with Gasteiger partial charge in [-0.05, 0) is 25.0 Å². The first-order valence-electron chi connectivity index (χ1n) is 6.00. The number of hydrogen-bond donors (Lipinski definition) is 1. The van der Waals surface area contributed by atoms with E-state index in [1.807, 2.05) is 0 Å². The molecule has 4 nitrogen and oxygen atoms in total. The second kappa shape index (κ2) is 5.47. The molecule has 0 saturated carbocycles. The van der Waals surface area contributed by atoms with E-state index in [9.17, 15) is 18.0 Å². The first kappa shape index (κ1) is 14.9. The summed E-state index contributed by atoms with van der Waals surface area (Å²) < 4.78 is 38.2. The van der Waals surface area contributed by atoms with E-state index in [2.05, 4.69) is 4.98 Å². The van der Waals surface area contributed by atoms with E-state index in [1.54, 1.807) is 0 Å². The standard InChI is InChI=1S/C12H12ClF3N2O2/c13-8-3-4-9(17-10(8)11(19)20)18-5-1-2-7(6-18)12(14,15)16/h3-4,7H,1-2,5-6H2,(H,19,20). The van der Waals surface area contributed by atoms with Crippen LogP contribution in [0.15, 0.2) is 12.1 Å². The first-order valence-corrected chi connectivity index (χ1v) is 6.38. The number of rotatable bonds is 2. The molecule has 20 heavy (non-hydrogen) atoms. The van der Waals surface area contributed by atoms with Gasteiger partial charge in [-0.1, -0.05) is 11.6 Å². The van der Waals surface area contributed by atoms with Gasteiger partial charge in [0, 0.05) is 13.1 Å². The maximum atomic E-state index is 12.7. The Labute approximate surface area is 118 Å². The molecule has 8 heteroatoms. The molecule has 0 amide bonds. The lowest BCUT2D eigenvalue weighted by atomic mass is 9.97. The summed E-state index contributed by atoms with van der Waals surface area (Å²) in [5.41, 5.74) is -0.349. The summed E-state index contributed by atoms with van der Waals surface area (Å²) in [5, 5.41) is 8.89. The molecule has 0 bridgehead atoms. The van der Waals surface area contributed by atoms with Gasteiger partial charge in [-0.2, -0.15) is 13.2 Å². The number of nitrogens with zero attached hydrogens (tertiary/aromatic N) is 2. The lowest BCUT2D eigenvalue weighted by Gasteiger charge is -2.34. The Morgan fingerprint density at radius 1 is 1.45 bits per heavy atom. The summed E-state index contributed by atoms with van der Waals surface area (Å²) in [5.74, 6) is -2.51. The number of carboxylic acid groups (broad SMARTS) is 1. The van der Waals surface area contributed by atoms with Crippen molar-refractivity contribution in [2.75, 3.05) is 18.0 Å². The topological polar surface area (TPSA) is 53.4 Å². The third kappa shape index (κ3) is 3.15. The van der Waals surface area contributed by atoms with Crippen LogP contribution >= 0.6 is 11.6 Å². The van der Waals surface area contributed by atoms with Crippen LogP contribution in [0.3, 0.4) is 0 Å². The van der Waals surface area contributed by atoms with E-state index < -0.39 is 18.1 Å². The van der Waals surface area contributed by atoms with Gasteiger partial charge in [0.1, 0.15) is 5.82 Å². The fourth-order valence-corrected chi connectivity index (χ4v) is 2.40. The van der Waals surface area contributed by atoms with Gasteiger partial charge >= 0.3 is 12.1 Å². The number of aromatic carboxylic acids is 1. The highest BCUT2D eigenvalue weighted by atomic mass is 35.5. The van der Waals surface area contributed by atoms with Gasteiger partial charge in [0.15, 0.2) is 5.69 Å². The SMILES string of the molecule is O=C(O)c1nc(N2CCCC(C(F)(F)F)C2)ccc1Cl. The Bertz CT molecular complexity index is 522. The second-order valence-corrected chi connectivity index (χ2v) is 5.04. The van der Waals surface area contributed by atoms with Crippen molar-refractivity contribution in [1.82, 2.24) is 4.98 Å². The largest absolute Gasteiger partial charge is 0.476 e. The highest BCUT2D eigenvalue weighted by Gasteiger charge is 2.42. The molecule has 110 valence electrons. The van der Waals surface area contributed by atoms with E-state index in [1.165, 1.54) is 17.0 Å². The van der Waals surface area contributed by atoms with Crippen LogP contribution in [-0.4, -0.2) is 35.3 Å². The van der Waals surface area contributed by atoms with E-state index >= 15 is 0 Å². The van der Waals surface area contributed by atoms with Crippen LogP contribution in [0.1, 0.15) is 23.3 Å². The number of alkyl halides is 3. The van der Waals surface area contributed by atoms with Crippen LogP contribution in [-0.2, 0) is 0 Å². The first-order chi connectivity index (χ1) is 9.29. The van der Waals surface area contributed by atoms with Gasteiger partial charge in [0.25, 0.3) is 0 Å². The summed E-state index contributed by atoms with van der Waals surface area (Å²) in [6.07, 6.45) is -3.78. The zero-order chi connectivity index (χ0) is 14.9. The molecule has 1 aliphatic rings. The normalized spacial score (nSPS) is 20.0. The maximum absolute atomic E-state index is 12.7. The molecule has 1 unspecified atom stereocenters. The highest BCUT2D eigenvalue weighted by molar-refractivity contribution is 6.33. The van der Waals surface area contributed by atoms with E-state index in [-0.39, 0.29) is 29.5 Å². The van der Waals surface area contributed by atoms with Gasteiger partial charge in [0.05, 0.1) is 10.9 Å². The summed E-state index contributed by atoms with van der Waals surface area (Å²) in [6, 6.07) is 2.78. The average Bonchev–Trinajstić information content (AvgIpc) is 2.38. The molecule has 2 rings (SSSR count). The number of carbonyl (C=O) groups is 1. The minimum absolute atomic E-state index is 0.0365. The number of aromatic nitrogens is 1. The molecule has 1 N–H and O–H groups in total. The minimum atomic E-state index is -4.25. The second-order valence-electron chi connectivity index (χ2n) is 4.63. The molecule has 0 spiro atoms. The zero-order valence-corrected chi connectivity index (χ0v) is 11.1. The van der Waals surface area contributed by atoms with Crippen LogP contribution in [0.4, 0.5) is 19.0 Å². The number of piperidine rings is 1. The summed E-state index contributed by atoms with van der Waals surface area (Å²) in [6.45, 7) is 0.206. The maximum Gasteiger partial charge on any atom is 0.393 e. The van der Waals surface area contributed by atoms with Crippen molar-refractivity contribution in [2.24, 2.45) is 5.92 Å². The van der Waals surface area contributed by atoms with Crippen LogP contribution in [0.5, 0.6) is 0 Å². The molecule has 1 aliphatic heterocycles. The lowest BCUT2D eigenvalue weighted by molar-refractivity contribution is -0.176. The Morgan fingerprint density at radius 3 is 2.75 bits per heavy atom. The smallest absolute Gasteiger partial charge is 0.393 e. The summed E-state index contributed by atoms with van der Waals surface area (Å²) in [4.78, 5) is 16.2. The molecule has 1 fully saturated rings.